The Morgan fingerprint density at radius 3 is 2.33 bits per heavy atom. The summed E-state index contributed by atoms with van der Waals surface area (Å²) in [5, 5.41) is 0. The van der Waals surface area contributed by atoms with Gasteiger partial charge in [-0.2, -0.15) is 0 Å². The van der Waals surface area contributed by atoms with E-state index in [1.54, 1.807) is 0 Å². The van der Waals surface area contributed by atoms with Gasteiger partial charge in [0.2, 0.25) is 0 Å². The van der Waals surface area contributed by atoms with Gasteiger partial charge in [0.25, 0.3) is 0 Å². The lowest BCUT2D eigenvalue weighted by Crippen LogP contribution is -2.20. The van der Waals surface area contributed by atoms with Gasteiger partial charge in [0.15, 0.2) is 0 Å². The van der Waals surface area contributed by atoms with Crippen molar-refractivity contribution < 1.29 is 0 Å². The number of allylic oxidation sites excluding steroid dienone is 1. The summed E-state index contributed by atoms with van der Waals surface area (Å²) in [6.07, 6.45) is 3.99. The molecule has 0 aromatic heterocycles. The molecule has 1 aromatic carbocycles. The molecule has 1 aromatic rings. The van der Waals surface area contributed by atoms with E-state index in [9.17, 15) is 0 Å². The van der Waals surface area contributed by atoms with Crippen LogP contribution >= 0.6 is 33.2 Å². The molecule has 0 heterocycles. The third kappa shape index (κ3) is 5.36. The van der Waals surface area contributed by atoms with Gasteiger partial charge in [-0.25, -0.2) is 0 Å². The van der Waals surface area contributed by atoms with Gasteiger partial charge >= 0.3 is 6.00 Å². The highest BCUT2D eigenvalue weighted by molar-refractivity contribution is 7.65. The SMILES string of the molecule is C=C(CC(CCCC)[Si](Cl)(Cl)Cl)c1ccccc1. The van der Waals surface area contributed by atoms with Crippen LogP contribution in [0.1, 0.15) is 38.2 Å². The standard InChI is InChI=1S/C14H19Cl3Si/c1-3-4-10-14(18(15,16)17)11-12(2)13-8-6-5-7-9-13/h5-9,14H,2-4,10-11H2,1H3. The Kier molecular flexibility index (Phi) is 6.79. The number of rotatable bonds is 7. The number of hydrogen-bond acceptors (Lipinski definition) is 0. The van der Waals surface area contributed by atoms with Crippen molar-refractivity contribution in [1.29, 1.82) is 0 Å². The molecule has 0 aliphatic carbocycles. The van der Waals surface area contributed by atoms with E-state index in [4.69, 9.17) is 33.2 Å². The Hall–Kier alpha value is 0.0469. The molecular weight excluding hydrogens is 303 g/mol. The average Bonchev–Trinajstić information content (AvgIpc) is 2.34. The van der Waals surface area contributed by atoms with E-state index >= 15 is 0 Å². The third-order valence-corrected chi connectivity index (χ3v) is 7.24. The van der Waals surface area contributed by atoms with Crippen molar-refractivity contribution in [3.05, 3.63) is 42.5 Å². The quantitative estimate of drug-likeness (QED) is 0.408. The van der Waals surface area contributed by atoms with Crippen LogP contribution in [0.25, 0.3) is 5.57 Å². The summed E-state index contributed by atoms with van der Waals surface area (Å²) in [6, 6.07) is 7.46. The highest BCUT2D eigenvalue weighted by atomic mass is 35.8. The lowest BCUT2D eigenvalue weighted by atomic mass is 10.0. The Morgan fingerprint density at radius 1 is 1.22 bits per heavy atom. The molecule has 0 amide bonds. The van der Waals surface area contributed by atoms with Crippen LogP contribution in [0.2, 0.25) is 5.54 Å². The summed E-state index contributed by atoms with van der Waals surface area (Å²) < 4.78 is 0. The van der Waals surface area contributed by atoms with Crippen molar-refractivity contribution in [2.24, 2.45) is 0 Å². The molecule has 0 radical (unpaired) electrons. The summed E-state index contributed by atoms with van der Waals surface area (Å²) in [7, 11) is 0. The second-order valence-corrected chi connectivity index (χ2v) is 13.6. The second kappa shape index (κ2) is 7.59. The first-order chi connectivity index (χ1) is 8.45. The summed E-state index contributed by atoms with van der Waals surface area (Å²) in [4.78, 5) is 0. The van der Waals surface area contributed by atoms with Crippen LogP contribution in [0.5, 0.6) is 0 Å². The molecule has 18 heavy (non-hydrogen) atoms. The van der Waals surface area contributed by atoms with Gasteiger partial charge in [0.1, 0.15) is 0 Å². The van der Waals surface area contributed by atoms with Crippen LogP contribution in [0.4, 0.5) is 0 Å². The number of hydrogen-bond donors (Lipinski definition) is 0. The first-order valence-corrected chi connectivity index (χ1v) is 11.4. The Balaban J connectivity index is 2.69. The average molecular weight is 322 g/mol. The Labute approximate surface area is 125 Å². The summed E-state index contributed by atoms with van der Waals surface area (Å²) in [5.74, 6) is 0. The highest BCUT2D eigenvalue weighted by Gasteiger charge is 2.36. The summed E-state index contributed by atoms with van der Waals surface area (Å²) in [6.45, 7) is 6.29. The van der Waals surface area contributed by atoms with Crippen LogP contribution in [-0.4, -0.2) is 6.00 Å². The minimum atomic E-state index is -2.66. The maximum absolute atomic E-state index is 6.20. The zero-order chi connectivity index (χ0) is 13.6. The second-order valence-electron chi connectivity index (χ2n) is 4.55. The number of unbranched alkanes of at least 4 members (excludes halogenated alkanes) is 1. The molecule has 0 aliphatic rings. The largest absolute Gasteiger partial charge is 0.344 e. The molecule has 0 N–H and O–H groups in total. The van der Waals surface area contributed by atoms with Crippen LogP contribution in [0.3, 0.4) is 0 Å². The highest BCUT2D eigenvalue weighted by Crippen LogP contribution is 2.42. The first-order valence-electron chi connectivity index (χ1n) is 6.25. The molecule has 4 heteroatoms. The molecule has 0 spiro atoms. The van der Waals surface area contributed by atoms with Crippen LogP contribution < -0.4 is 0 Å². The van der Waals surface area contributed by atoms with Crippen LogP contribution in [-0.2, 0) is 0 Å². The predicted molar refractivity (Wildman–Crippen MR) is 86.7 cm³/mol. The Morgan fingerprint density at radius 2 is 1.83 bits per heavy atom. The normalized spacial score (nSPS) is 13.3. The number of benzene rings is 1. The van der Waals surface area contributed by atoms with Crippen molar-refractivity contribution >= 4 is 44.8 Å². The molecule has 0 nitrogen and oxygen atoms in total. The molecule has 0 bridgehead atoms. The summed E-state index contributed by atoms with van der Waals surface area (Å²) in [5.41, 5.74) is 2.37. The molecular formula is C14H19Cl3Si. The maximum atomic E-state index is 6.20. The molecule has 1 unspecified atom stereocenters. The maximum Gasteiger partial charge on any atom is 0.344 e. The van der Waals surface area contributed by atoms with Gasteiger partial charge in [0.05, 0.1) is 0 Å². The smallest absolute Gasteiger partial charge is 0.126 e. The number of halogens is 3. The van der Waals surface area contributed by atoms with Crippen molar-refractivity contribution in [2.75, 3.05) is 0 Å². The summed E-state index contributed by atoms with van der Waals surface area (Å²) >= 11 is 18.6. The van der Waals surface area contributed by atoms with Gasteiger partial charge in [0, 0.05) is 0 Å². The molecule has 0 aliphatic heterocycles. The Bertz CT molecular complexity index is 370. The fourth-order valence-corrected chi connectivity index (χ4v) is 4.61. The van der Waals surface area contributed by atoms with Gasteiger partial charge in [-0.15, -0.1) is 33.2 Å². The van der Waals surface area contributed by atoms with Gasteiger partial charge in [-0.1, -0.05) is 56.7 Å². The lowest BCUT2D eigenvalue weighted by Gasteiger charge is -2.23. The minimum Gasteiger partial charge on any atom is -0.126 e. The van der Waals surface area contributed by atoms with Crippen LogP contribution in [0.15, 0.2) is 36.9 Å². The molecule has 100 valence electrons. The minimum absolute atomic E-state index is 0.162. The first kappa shape index (κ1) is 16.1. The van der Waals surface area contributed by atoms with E-state index in [2.05, 4.69) is 25.6 Å². The van der Waals surface area contributed by atoms with E-state index in [0.717, 1.165) is 36.8 Å². The van der Waals surface area contributed by atoms with Crippen molar-refractivity contribution in [2.45, 2.75) is 38.1 Å². The van der Waals surface area contributed by atoms with E-state index in [1.807, 2.05) is 18.2 Å². The predicted octanol–water partition coefficient (Wildman–Crippen LogP) is 6.31. The molecule has 1 rings (SSSR count). The van der Waals surface area contributed by atoms with Crippen LogP contribution in [0, 0.1) is 0 Å². The monoisotopic (exact) mass is 320 g/mol. The van der Waals surface area contributed by atoms with E-state index < -0.39 is 6.00 Å². The van der Waals surface area contributed by atoms with Gasteiger partial charge in [-0.05, 0) is 29.5 Å². The van der Waals surface area contributed by atoms with E-state index in [0.29, 0.717) is 0 Å². The molecule has 0 saturated heterocycles. The molecule has 0 saturated carbocycles. The lowest BCUT2D eigenvalue weighted by molar-refractivity contribution is 0.672. The molecule has 1 atom stereocenters. The van der Waals surface area contributed by atoms with Gasteiger partial charge < -0.3 is 0 Å². The topological polar surface area (TPSA) is 0 Å². The zero-order valence-corrected chi connectivity index (χ0v) is 13.9. The van der Waals surface area contributed by atoms with Crippen molar-refractivity contribution in [3.8, 4) is 0 Å². The zero-order valence-electron chi connectivity index (χ0n) is 10.6. The van der Waals surface area contributed by atoms with E-state index in [1.165, 1.54) is 0 Å². The van der Waals surface area contributed by atoms with Gasteiger partial charge in [-0.3, -0.25) is 0 Å². The molecule has 0 fully saturated rings. The third-order valence-electron chi connectivity index (χ3n) is 3.04. The van der Waals surface area contributed by atoms with Crippen molar-refractivity contribution in [3.63, 3.8) is 0 Å². The van der Waals surface area contributed by atoms with Crippen molar-refractivity contribution in [1.82, 2.24) is 0 Å². The fraction of sp³-hybridized carbons (Fsp3) is 0.429. The fourth-order valence-electron chi connectivity index (χ4n) is 1.92. The van der Waals surface area contributed by atoms with E-state index in [-0.39, 0.29) is 5.54 Å².